The predicted molar refractivity (Wildman–Crippen MR) is 112 cm³/mol. The Kier molecular flexibility index (Phi) is 7.27. The van der Waals surface area contributed by atoms with Crippen molar-refractivity contribution in [1.82, 2.24) is 0 Å². The van der Waals surface area contributed by atoms with Crippen LogP contribution in [0, 0.1) is 17.6 Å². The van der Waals surface area contributed by atoms with Gasteiger partial charge in [-0.25, -0.2) is 18.4 Å². The van der Waals surface area contributed by atoms with Gasteiger partial charge in [-0.05, 0) is 49.8 Å². The van der Waals surface area contributed by atoms with E-state index in [1.807, 2.05) is 0 Å². The molecule has 1 amide bonds. The highest BCUT2D eigenvalue weighted by Crippen LogP contribution is 2.40. The second-order valence-electron chi connectivity index (χ2n) is 7.15. The lowest BCUT2D eigenvalue weighted by Gasteiger charge is -2.18. The molecule has 0 spiro atoms. The lowest BCUT2D eigenvalue weighted by Crippen LogP contribution is -2.22. The molecule has 10 heteroatoms. The second-order valence-corrected chi connectivity index (χ2v) is 8.66. The first-order valence-corrected chi connectivity index (χ1v) is 10.8. The number of fused-ring (bicyclic) bond motifs is 1. The molecule has 0 radical (unpaired) electrons. The second kappa shape index (κ2) is 9.74. The third-order valence-electron chi connectivity index (χ3n) is 4.81. The van der Waals surface area contributed by atoms with Gasteiger partial charge in [0, 0.05) is 4.88 Å². The van der Waals surface area contributed by atoms with Crippen LogP contribution in [0.2, 0.25) is 5.02 Å². The highest BCUT2D eigenvalue weighted by atomic mass is 35.5. The van der Waals surface area contributed by atoms with Crippen LogP contribution >= 0.6 is 22.9 Å². The first kappa shape index (κ1) is 23.1. The number of carbonyl (C=O) groups is 3. The molecule has 2 aromatic rings. The number of benzene rings is 1. The monoisotopic (exact) mass is 471 g/mol. The summed E-state index contributed by atoms with van der Waals surface area (Å²) < 4.78 is 36.5. The minimum absolute atomic E-state index is 0.194. The molecule has 0 saturated heterocycles. The van der Waals surface area contributed by atoms with Gasteiger partial charge < -0.3 is 14.8 Å². The van der Waals surface area contributed by atoms with Crippen molar-refractivity contribution in [2.45, 2.75) is 33.1 Å². The van der Waals surface area contributed by atoms with Crippen LogP contribution in [0.3, 0.4) is 0 Å². The van der Waals surface area contributed by atoms with Crippen LogP contribution in [0.5, 0.6) is 0 Å². The quantitative estimate of drug-likeness (QED) is 0.484. The number of rotatable bonds is 6. The highest BCUT2D eigenvalue weighted by molar-refractivity contribution is 7.17. The standard InChI is InChI=1S/C21H20ClF2NO5S/c1-3-29-21(28)18-11-5-4-10(2)6-16(11)31-19(18)25-17(26)9-30-20(27)12-7-14(23)15(24)8-13(12)22/h7-8,10H,3-6,9H2,1-2H3,(H,25,26)/t10-/m0/s1. The van der Waals surface area contributed by atoms with Gasteiger partial charge in [0.25, 0.3) is 5.91 Å². The van der Waals surface area contributed by atoms with Crippen molar-refractivity contribution in [3.8, 4) is 0 Å². The zero-order chi connectivity index (χ0) is 22.7. The molecule has 0 unspecified atom stereocenters. The summed E-state index contributed by atoms with van der Waals surface area (Å²) in [6.45, 7) is 3.31. The van der Waals surface area contributed by atoms with Crippen molar-refractivity contribution in [3.63, 3.8) is 0 Å². The highest BCUT2D eigenvalue weighted by Gasteiger charge is 2.29. The van der Waals surface area contributed by atoms with Gasteiger partial charge in [0.1, 0.15) is 5.00 Å². The van der Waals surface area contributed by atoms with Crippen molar-refractivity contribution >= 4 is 45.8 Å². The Morgan fingerprint density at radius 3 is 2.61 bits per heavy atom. The van der Waals surface area contributed by atoms with E-state index >= 15 is 0 Å². The Labute approximate surface area is 186 Å². The summed E-state index contributed by atoms with van der Waals surface area (Å²) in [5.41, 5.74) is 0.806. The van der Waals surface area contributed by atoms with Crippen LogP contribution in [0.4, 0.5) is 13.8 Å². The van der Waals surface area contributed by atoms with E-state index in [2.05, 4.69) is 12.2 Å². The van der Waals surface area contributed by atoms with Gasteiger partial charge in [-0.2, -0.15) is 0 Å². The number of amides is 1. The van der Waals surface area contributed by atoms with Crippen LogP contribution in [0.25, 0.3) is 0 Å². The largest absolute Gasteiger partial charge is 0.462 e. The van der Waals surface area contributed by atoms with E-state index in [9.17, 15) is 23.2 Å². The van der Waals surface area contributed by atoms with E-state index in [-0.39, 0.29) is 11.6 Å². The Morgan fingerprint density at radius 2 is 1.90 bits per heavy atom. The van der Waals surface area contributed by atoms with Crippen LogP contribution in [-0.4, -0.2) is 31.1 Å². The molecule has 0 aliphatic heterocycles. The molecule has 1 aliphatic carbocycles. The predicted octanol–water partition coefficient (Wildman–Crippen LogP) is 4.78. The molecule has 3 rings (SSSR count). The number of anilines is 1. The fraction of sp³-hybridized carbons (Fsp3) is 0.381. The summed E-state index contributed by atoms with van der Waals surface area (Å²) in [7, 11) is 0. The van der Waals surface area contributed by atoms with E-state index in [1.54, 1.807) is 6.92 Å². The molecule has 1 aromatic heterocycles. The van der Waals surface area contributed by atoms with Gasteiger partial charge >= 0.3 is 11.9 Å². The van der Waals surface area contributed by atoms with Gasteiger partial charge in [0.15, 0.2) is 18.2 Å². The Balaban J connectivity index is 1.72. The minimum atomic E-state index is -1.27. The summed E-state index contributed by atoms with van der Waals surface area (Å²) in [6.07, 6.45) is 2.43. The third-order valence-corrected chi connectivity index (χ3v) is 6.29. The molecule has 31 heavy (non-hydrogen) atoms. The summed E-state index contributed by atoms with van der Waals surface area (Å²) in [6, 6.07) is 1.25. The van der Waals surface area contributed by atoms with Crippen molar-refractivity contribution in [2.75, 3.05) is 18.5 Å². The fourth-order valence-electron chi connectivity index (χ4n) is 3.31. The van der Waals surface area contributed by atoms with Crippen LogP contribution in [0.1, 0.15) is 51.4 Å². The molecule has 166 valence electrons. The Hall–Kier alpha value is -2.52. The summed E-state index contributed by atoms with van der Waals surface area (Å²) in [5.74, 6) is -4.30. The van der Waals surface area contributed by atoms with Gasteiger partial charge in [-0.1, -0.05) is 18.5 Å². The number of ether oxygens (including phenoxy) is 2. The van der Waals surface area contributed by atoms with Crippen molar-refractivity contribution < 1.29 is 32.6 Å². The number of thiophene rings is 1. The van der Waals surface area contributed by atoms with Crippen molar-refractivity contribution in [2.24, 2.45) is 5.92 Å². The molecule has 1 aliphatic rings. The number of hydrogen-bond acceptors (Lipinski definition) is 6. The van der Waals surface area contributed by atoms with Crippen molar-refractivity contribution in [3.05, 3.63) is 50.4 Å². The Morgan fingerprint density at radius 1 is 1.19 bits per heavy atom. The molecule has 0 bridgehead atoms. The first-order valence-electron chi connectivity index (χ1n) is 9.64. The number of esters is 2. The van der Waals surface area contributed by atoms with Gasteiger partial charge in [0.2, 0.25) is 0 Å². The molecule has 1 heterocycles. The smallest absolute Gasteiger partial charge is 0.341 e. The topological polar surface area (TPSA) is 81.7 Å². The number of carbonyl (C=O) groups excluding carboxylic acids is 3. The summed E-state index contributed by atoms with van der Waals surface area (Å²) >= 11 is 7.04. The molecular weight excluding hydrogens is 452 g/mol. The molecule has 1 aromatic carbocycles. The van der Waals surface area contributed by atoms with Crippen LogP contribution < -0.4 is 5.32 Å². The lowest BCUT2D eigenvalue weighted by atomic mass is 9.88. The zero-order valence-electron chi connectivity index (χ0n) is 16.9. The van der Waals surface area contributed by atoms with Gasteiger partial charge in [-0.15, -0.1) is 11.3 Å². The average Bonchev–Trinajstić information content (AvgIpc) is 3.05. The first-order chi connectivity index (χ1) is 14.7. The molecule has 6 nitrogen and oxygen atoms in total. The Bertz CT molecular complexity index is 1040. The molecular formula is C21H20ClF2NO5S. The number of halogens is 3. The minimum Gasteiger partial charge on any atom is -0.462 e. The zero-order valence-corrected chi connectivity index (χ0v) is 18.4. The normalized spacial score (nSPS) is 15.2. The van der Waals surface area contributed by atoms with E-state index in [0.29, 0.717) is 35.0 Å². The number of nitrogens with one attached hydrogen (secondary N) is 1. The average molecular weight is 472 g/mol. The molecule has 1 N–H and O–H groups in total. The van der Waals surface area contributed by atoms with E-state index in [0.717, 1.165) is 23.3 Å². The van der Waals surface area contributed by atoms with Gasteiger partial charge in [0.05, 0.1) is 22.8 Å². The SMILES string of the molecule is CCOC(=O)c1c(NC(=O)COC(=O)c2cc(F)c(F)cc2Cl)sc2c1CC[C@H](C)C2. The van der Waals surface area contributed by atoms with E-state index in [1.165, 1.54) is 11.3 Å². The van der Waals surface area contributed by atoms with Crippen LogP contribution in [-0.2, 0) is 27.1 Å². The molecule has 0 saturated carbocycles. The summed E-state index contributed by atoms with van der Waals surface area (Å²) in [5, 5.41) is 2.60. The van der Waals surface area contributed by atoms with E-state index in [4.69, 9.17) is 21.1 Å². The van der Waals surface area contributed by atoms with Crippen molar-refractivity contribution in [1.29, 1.82) is 0 Å². The fourth-order valence-corrected chi connectivity index (χ4v) is 4.95. The van der Waals surface area contributed by atoms with Gasteiger partial charge in [-0.3, -0.25) is 4.79 Å². The maximum atomic E-state index is 13.4. The third kappa shape index (κ3) is 5.22. The maximum absolute atomic E-state index is 13.4. The molecule has 0 fully saturated rings. The summed E-state index contributed by atoms with van der Waals surface area (Å²) in [4.78, 5) is 38.0. The maximum Gasteiger partial charge on any atom is 0.341 e. The molecule has 1 atom stereocenters. The van der Waals surface area contributed by atoms with E-state index < -0.39 is 41.7 Å². The number of hydrogen-bond donors (Lipinski definition) is 1. The van der Waals surface area contributed by atoms with Crippen LogP contribution in [0.15, 0.2) is 12.1 Å². The lowest BCUT2D eigenvalue weighted by molar-refractivity contribution is -0.119.